The van der Waals surface area contributed by atoms with Gasteiger partial charge < -0.3 is 19.9 Å². The first-order valence-electron chi connectivity index (χ1n) is 9.23. The van der Waals surface area contributed by atoms with Crippen LogP contribution < -0.4 is 5.32 Å². The number of β-amino-alcohol motifs (C(OH)–C–C–N with tert-alkyl or cyclic N) is 1. The van der Waals surface area contributed by atoms with E-state index >= 15 is 0 Å². The lowest BCUT2D eigenvalue weighted by Gasteiger charge is -2.39. The van der Waals surface area contributed by atoms with Crippen molar-refractivity contribution < 1.29 is 14.7 Å². The molecule has 0 radical (unpaired) electrons. The third-order valence-electron chi connectivity index (χ3n) is 5.23. The quantitative estimate of drug-likeness (QED) is 0.855. The first-order chi connectivity index (χ1) is 12.5. The Hall–Kier alpha value is -2.34. The van der Waals surface area contributed by atoms with Crippen LogP contribution in [0.25, 0.3) is 10.9 Å². The molecule has 0 bridgehead atoms. The third-order valence-corrected chi connectivity index (χ3v) is 5.23. The van der Waals surface area contributed by atoms with Crippen LogP contribution >= 0.6 is 0 Å². The predicted molar refractivity (Wildman–Crippen MR) is 101 cm³/mol. The lowest BCUT2D eigenvalue weighted by atomic mass is 9.89. The molecule has 1 aliphatic rings. The third kappa shape index (κ3) is 3.75. The number of benzene rings is 1. The van der Waals surface area contributed by atoms with Crippen LogP contribution in [-0.4, -0.2) is 52.1 Å². The number of aromatic nitrogens is 1. The van der Waals surface area contributed by atoms with Gasteiger partial charge in [0.2, 0.25) is 11.8 Å². The summed E-state index contributed by atoms with van der Waals surface area (Å²) in [5.74, 6) is -0.202. The second kappa shape index (κ2) is 7.50. The summed E-state index contributed by atoms with van der Waals surface area (Å²) in [5.41, 5.74) is 1.01. The minimum atomic E-state index is -1.13. The molecule has 26 heavy (non-hydrogen) atoms. The highest BCUT2D eigenvalue weighted by Crippen LogP contribution is 2.26. The van der Waals surface area contributed by atoms with Crippen LogP contribution in [-0.2, 0) is 22.6 Å². The molecule has 2 heterocycles. The number of nitrogens with zero attached hydrogens (tertiary/aromatic N) is 2. The molecule has 2 N–H and O–H groups in total. The van der Waals surface area contributed by atoms with Crippen LogP contribution in [0, 0.1) is 0 Å². The van der Waals surface area contributed by atoms with Gasteiger partial charge in [-0.15, -0.1) is 0 Å². The topological polar surface area (TPSA) is 74.6 Å². The van der Waals surface area contributed by atoms with E-state index < -0.39 is 5.60 Å². The molecule has 1 atom stereocenters. The van der Waals surface area contributed by atoms with E-state index in [1.165, 1.54) is 0 Å². The molecular formula is C20H27N3O3. The maximum absolute atomic E-state index is 12.9. The summed E-state index contributed by atoms with van der Waals surface area (Å²) >= 11 is 0. The average molecular weight is 357 g/mol. The van der Waals surface area contributed by atoms with Crippen molar-refractivity contribution >= 4 is 22.7 Å². The van der Waals surface area contributed by atoms with Gasteiger partial charge in [-0.25, -0.2) is 0 Å². The highest BCUT2D eigenvalue weighted by Gasteiger charge is 2.36. The lowest BCUT2D eigenvalue weighted by Crippen LogP contribution is -2.52. The molecule has 6 nitrogen and oxygen atoms in total. The van der Waals surface area contributed by atoms with Crippen molar-refractivity contribution in [1.29, 1.82) is 0 Å². The number of aliphatic hydroxyl groups is 1. The van der Waals surface area contributed by atoms with Gasteiger partial charge >= 0.3 is 0 Å². The molecule has 1 unspecified atom stereocenters. The molecule has 6 heteroatoms. The summed E-state index contributed by atoms with van der Waals surface area (Å²) < 4.78 is 2.15. The standard InChI is InChI=1S/C20H27N3O3/c1-3-22-13-15(16-7-4-5-8-17(16)22)11-19(25)23-10-6-9-20(26,14-23)12-18(24)21-2/h4-5,7-8,13,26H,3,6,9-12,14H2,1-2H3,(H,21,24). The number of piperidine rings is 1. The van der Waals surface area contributed by atoms with Crippen LogP contribution in [0.15, 0.2) is 30.5 Å². The summed E-state index contributed by atoms with van der Waals surface area (Å²) in [6, 6.07) is 8.10. The Morgan fingerprint density at radius 3 is 2.81 bits per heavy atom. The number of hydrogen-bond acceptors (Lipinski definition) is 3. The molecule has 3 rings (SSSR count). The molecule has 1 aromatic heterocycles. The number of hydrogen-bond donors (Lipinski definition) is 2. The van der Waals surface area contributed by atoms with E-state index in [0.29, 0.717) is 25.8 Å². The zero-order valence-corrected chi connectivity index (χ0v) is 15.5. The molecule has 0 aliphatic carbocycles. The van der Waals surface area contributed by atoms with Gasteiger partial charge in [0.25, 0.3) is 0 Å². The Labute approximate surface area is 153 Å². The number of carbonyl (C=O) groups excluding carboxylic acids is 2. The van der Waals surface area contributed by atoms with E-state index in [9.17, 15) is 14.7 Å². The van der Waals surface area contributed by atoms with Gasteiger partial charge in [0.05, 0.1) is 18.4 Å². The monoisotopic (exact) mass is 357 g/mol. The molecule has 1 fully saturated rings. The number of likely N-dealkylation sites (tertiary alicyclic amines) is 1. The molecule has 140 valence electrons. The van der Waals surface area contributed by atoms with Crippen LogP contribution in [0.1, 0.15) is 31.7 Å². The van der Waals surface area contributed by atoms with Crippen molar-refractivity contribution in [1.82, 2.24) is 14.8 Å². The van der Waals surface area contributed by atoms with Gasteiger partial charge in [0.1, 0.15) is 0 Å². The summed E-state index contributed by atoms with van der Waals surface area (Å²) in [4.78, 5) is 26.2. The highest BCUT2D eigenvalue weighted by molar-refractivity contribution is 5.89. The Morgan fingerprint density at radius 1 is 1.31 bits per heavy atom. The number of rotatable bonds is 5. The van der Waals surface area contributed by atoms with E-state index in [1.54, 1.807) is 11.9 Å². The fraction of sp³-hybridized carbons (Fsp3) is 0.500. The van der Waals surface area contributed by atoms with E-state index in [1.807, 2.05) is 24.4 Å². The Morgan fingerprint density at radius 2 is 2.08 bits per heavy atom. The average Bonchev–Trinajstić information content (AvgIpc) is 2.99. The van der Waals surface area contributed by atoms with Gasteiger partial charge in [-0.3, -0.25) is 9.59 Å². The summed E-state index contributed by atoms with van der Waals surface area (Å²) in [6.07, 6.45) is 3.63. The van der Waals surface area contributed by atoms with E-state index in [2.05, 4.69) is 22.9 Å². The van der Waals surface area contributed by atoms with Gasteiger partial charge in [-0.2, -0.15) is 0 Å². The van der Waals surface area contributed by atoms with Crippen LogP contribution in [0.2, 0.25) is 0 Å². The largest absolute Gasteiger partial charge is 0.388 e. The summed E-state index contributed by atoms with van der Waals surface area (Å²) in [5, 5.41) is 14.4. The van der Waals surface area contributed by atoms with Crippen molar-refractivity contribution in [2.45, 2.75) is 44.8 Å². The van der Waals surface area contributed by atoms with Crippen molar-refractivity contribution in [3.63, 3.8) is 0 Å². The number of amides is 2. The molecule has 0 saturated carbocycles. The Balaban J connectivity index is 1.75. The molecule has 2 aromatic rings. The van der Waals surface area contributed by atoms with Crippen LogP contribution in [0.5, 0.6) is 0 Å². The molecule has 0 spiro atoms. The minimum Gasteiger partial charge on any atom is -0.388 e. The zero-order chi connectivity index (χ0) is 18.7. The van der Waals surface area contributed by atoms with E-state index in [-0.39, 0.29) is 24.8 Å². The fourth-order valence-electron chi connectivity index (χ4n) is 3.86. The SMILES string of the molecule is CCn1cc(CC(=O)N2CCCC(O)(CC(=O)NC)C2)c2ccccc21. The van der Waals surface area contributed by atoms with E-state index in [4.69, 9.17) is 0 Å². The molecular weight excluding hydrogens is 330 g/mol. The van der Waals surface area contributed by atoms with Crippen molar-refractivity contribution in [3.8, 4) is 0 Å². The first-order valence-corrected chi connectivity index (χ1v) is 9.23. The maximum atomic E-state index is 12.9. The number of carbonyl (C=O) groups is 2. The second-order valence-corrected chi connectivity index (χ2v) is 7.13. The zero-order valence-electron chi connectivity index (χ0n) is 15.5. The number of aryl methyl sites for hydroxylation is 1. The van der Waals surface area contributed by atoms with Gasteiger partial charge in [-0.05, 0) is 31.4 Å². The predicted octanol–water partition coefficient (Wildman–Crippen LogP) is 1.69. The van der Waals surface area contributed by atoms with Gasteiger partial charge in [-0.1, -0.05) is 18.2 Å². The fourth-order valence-corrected chi connectivity index (χ4v) is 3.86. The number of para-hydroxylation sites is 1. The minimum absolute atomic E-state index is 0.000891. The second-order valence-electron chi connectivity index (χ2n) is 7.13. The Kier molecular flexibility index (Phi) is 5.32. The summed E-state index contributed by atoms with van der Waals surface area (Å²) in [6.45, 7) is 3.78. The smallest absolute Gasteiger partial charge is 0.227 e. The van der Waals surface area contributed by atoms with Crippen molar-refractivity contribution in [2.75, 3.05) is 20.1 Å². The first kappa shape index (κ1) is 18.5. The van der Waals surface area contributed by atoms with Gasteiger partial charge in [0, 0.05) is 43.8 Å². The summed E-state index contributed by atoms with van der Waals surface area (Å²) in [7, 11) is 1.56. The van der Waals surface area contributed by atoms with Crippen molar-refractivity contribution in [2.24, 2.45) is 0 Å². The Bertz CT molecular complexity index is 814. The highest BCUT2D eigenvalue weighted by atomic mass is 16.3. The lowest BCUT2D eigenvalue weighted by molar-refractivity contribution is -0.141. The number of fused-ring (bicyclic) bond motifs is 1. The molecule has 1 saturated heterocycles. The van der Waals surface area contributed by atoms with E-state index in [0.717, 1.165) is 23.0 Å². The molecule has 1 aromatic carbocycles. The van der Waals surface area contributed by atoms with Crippen LogP contribution in [0.4, 0.5) is 0 Å². The molecule has 1 aliphatic heterocycles. The van der Waals surface area contributed by atoms with Gasteiger partial charge in [0.15, 0.2) is 0 Å². The number of nitrogens with one attached hydrogen (secondary N) is 1. The normalized spacial score (nSPS) is 20.3. The van der Waals surface area contributed by atoms with Crippen LogP contribution in [0.3, 0.4) is 0 Å². The van der Waals surface area contributed by atoms with Crippen molar-refractivity contribution in [3.05, 3.63) is 36.0 Å². The maximum Gasteiger partial charge on any atom is 0.227 e. The molecule has 2 amide bonds.